The summed E-state index contributed by atoms with van der Waals surface area (Å²) < 4.78 is 1.38. The van der Waals surface area contributed by atoms with Gasteiger partial charge in [-0.15, -0.1) is 0 Å². The van der Waals surface area contributed by atoms with Crippen LogP contribution >= 0.6 is 34.8 Å². The number of hydrogen-bond acceptors (Lipinski definition) is 1. The maximum Gasteiger partial charge on any atom is 0.199 e. The van der Waals surface area contributed by atoms with E-state index in [2.05, 4.69) is 15.1 Å². The molecule has 0 atom stereocenters. The van der Waals surface area contributed by atoms with Crippen molar-refractivity contribution in [2.24, 2.45) is 0 Å². The molecule has 0 spiro atoms. The van der Waals surface area contributed by atoms with Crippen molar-refractivity contribution in [3.63, 3.8) is 0 Å². The Hall–Kier alpha value is 1.26. The Kier molecular flexibility index (Phi) is 3.92. The predicted molar refractivity (Wildman–Crippen MR) is 34.9 cm³/mol. The molecular formula is CHCl3NSi2. The molecule has 1 nitrogen and oxygen atoms in total. The number of rotatable bonds is 1. The van der Waals surface area contributed by atoms with E-state index in [1.165, 1.54) is 0 Å². The average Bonchev–Trinajstić information content (AvgIpc) is 1.30. The Morgan fingerprint density at radius 1 is 1.43 bits per heavy atom. The molecule has 0 aliphatic heterocycles. The summed E-state index contributed by atoms with van der Waals surface area (Å²) in [7, 11) is 3.02. The number of nitrogens with one attached hydrogen (secondary N) is 1. The molecule has 0 unspecified atom stereocenters. The second-order valence-corrected chi connectivity index (χ2v) is 5.98. The highest BCUT2D eigenvalue weighted by atomic mass is 35.6. The van der Waals surface area contributed by atoms with Crippen molar-refractivity contribution < 1.29 is 0 Å². The van der Waals surface area contributed by atoms with E-state index < -0.39 is 3.42 Å². The Morgan fingerprint density at radius 3 is 1.86 bits per heavy atom. The van der Waals surface area contributed by atoms with Gasteiger partial charge in [0.2, 0.25) is 0 Å². The molecule has 0 fully saturated rings. The lowest BCUT2D eigenvalue weighted by Crippen LogP contribution is -2.28. The SMILES string of the molecule is [Si]N[Si]C(Cl)(Cl)Cl. The molecule has 0 bridgehead atoms. The van der Waals surface area contributed by atoms with Crippen LogP contribution in [0.5, 0.6) is 0 Å². The van der Waals surface area contributed by atoms with Crippen LogP contribution in [0.25, 0.3) is 0 Å². The highest BCUT2D eigenvalue weighted by Crippen LogP contribution is 2.22. The predicted octanol–water partition coefficient (Wildman–Crippen LogP) is 0.606. The Balaban J connectivity index is 3.15. The molecular weight excluding hydrogens is 189 g/mol. The van der Waals surface area contributed by atoms with E-state index in [4.69, 9.17) is 34.8 Å². The van der Waals surface area contributed by atoms with Gasteiger partial charge in [0.15, 0.2) is 13.1 Å². The van der Waals surface area contributed by atoms with Crippen LogP contribution in [0.2, 0.25) is 0 Å². The number of hydrogen-bond donors (Lipinski definition) is 1. The average molecular weight is 190 g/mol. The fourth-order valence-electron chi connectivity index (χ4n) is 0.0709. The maximum absolute atomic E-state index is 5.28. The minimum Gasteiger partial charge on any atom is -0.362 e. The first kappa shape index (κ1) is 8.26. The molecule has 0 aromatic rings. The van der Waals surface area contributed by atoms with Gasteiger partial charge in [-0.25, -0.2) is 0 Å². The van der Waals surface area contributed by atoms with Crippen molar-refractivity contribution in [2.75, 3.05) is 0 Å². The molecule has 0 saturated carbocycles. The van der Waals surface area contributed by atoms with Crippen molar-refractivity contribution in [1.82, 2.24) is 4.65 Å². The first-order chi connectivity index (χ1) is 3.06. The summed E-state index contributed by atoms with van der Waals surface area (Å²) >= 11 is 15.8. The van der Waals surface area contributed by atoms with Gasteiger partial charge in [-0.3, -0.25) is 0 Å². The summed E-state index contributed by atoms with van der Waals surface area (Å²) in [5, 5.41) is 0. The van der Waals surface area contributed by atoms with Crippen molar-refractivity contribution in [2.45, 2.75) is 3.42 Å². The van der Waals surface area contributed by atoms with Crippen LogP contribution in [-0.4, -0.2) is 23.5 Å². The van der Waals surface area contributed by atoms with Crippen LogP contribution in [0.1, 0.15) is 0 Å². The molecule has 6 heteroatoms. The lowest BCUT2D eigenvalue weighted by Gasteiger charge is -2.04. The van der Waals surface area contributed by atoms with Crippen molar-refractivity contribution >= 4 is 54.9 Å². The van der Waals surface area contributed by atoms with Crippen LogP contribution in [-0.2, 0) is 0 Å². The van der Waals surface area contributed by atoms with Crippen LogP contribution in [0.3, 0.4) is 0 Å². The smallest absolute Gasteiger partial charge is 0.199 e. The highest BCUT2D eigenvalue weighted by molar-refractivity contribution is 6.87. The quantitative estimate of drug-likeness (QED) is 0.471. The van der Waals surface area contributed by atoms with Crippen molar-refractivity contribution in [3.05, 3.63) is 0 Å². The molecule has 39 valence electrons. The van der Waals surface area contributed by atoms with Gasteiger partial charge in [0, 0.05) is 0 Å². The first-order valence-electron chi connectivity index (χ1n) is 1.32. The van der Waals surface area contributed by atoms with Gasteiger partial charge in [-0.1, -0.05) is 34.8 Å². The molecule has 1 N–H and O–H groups in total. The third-order valence-electron chi connectivity index (χ3n) is 0.204. The Bertz CT molecular complexity index is 51.4. The summed E-state index contributed by atoms with van der Waals surface area (Å²) in [5.41, 5.74) is 0. The summed E-state index contributed by atoms with van der Waals surface area (Å²) in [4.78, 5) is 0. The molecule has 0 heterocycles. The van der Waals surface area contributed by atoms with Crippen LogP contribution in [0, 0.1) is 0 Å². The van der Waals surface area contributed by atoms with Gasteiger partial charge in [-0.2, -0.15) is 0 Å². The van der Waals surface area contributed by atoms with E-state index >= 15 is 0 Å². The van der Waals surface area contributed by atoms with Gasteiger partial charge >= 0.3 is 0 Å². The molecule has 0 aliphatic carbocycles. The monoisotopic (exact) mass is 188 g/mol. The summed E-state index contributed by atoms with van der Waals surface area (Å²) in [6.45, 7) is 0. The number of halogens is 3. The number of alkyl halides is 3. The third kappa shape index (κ3) is 7.26. The van der Waals surface area contributed by atoms with Gasteiger partial charge in [-0.05, 0) is 0 Å². The van der Waals surface area contributed by atoms with Gasteiger partial charge < -0.3 is 4.65 Å². The normalized spacial score (nSPS) is 12.0. The molecule has 0 aromatic carbocycles. The molecule has 0 amide bonds. The lowest BCUT2D eigenvalue weighted by atomic mass is 11.8. The zero-order valence-electron chi connectivity index (χ0n) is 3.13. The van der Waals surface area contributed by atoms with Crippen LogP contribution in [0.4, 0.5) is 0 Å². The summed E-state index contributed by atoms with van der Waals surface area (Å²) in [6.07, 6.45) is 0. The zero-order chi connectivity index (χ0) is 5.91. The fourth-order valence-corrected chi connectivity index (χ4v) is 1.91. The van der Waals surface area contributed by atoms with Gasteiger partial charge in [0.05, 0.1) is 0 Å². The van der Waals surface area contributed by atoms with E-state index in [1.54, 1.807) is 0 Å². The van der Waals surface area contributed by atoms with Crippen LogP contribution < -0.4 is 4.65 Å². The van der Waals surface area contributed by atoms with Gasteiger partial charge in [0.1, 0.15) is 10.4 Å². The van der Waals surface area contributed by atoms with Crippen LogP contribution in [0.15, 0.2) is 0 Å². The zero-order valence-corrected chi connectivity index (χ0v) is 7.40. The molecule has 5 radical (unpaired) electrons. The molecule has 0 rings (SSSR count). The molecule has 0 saturated heterocycles. The minimum absolute atomic E-state index is 0.0841. The fraction of sp³-hybridized carbons (Fsp3) is 1.00. The van der Waals surface area contributed by atoms with E-state index in [0.29, 0.717) is 0 Å². The van der Waals surface area contributed by atoms with E-state index in [9.17, 15) is 0 Å². The Labute approximate surface area is 63.1 Å². The highest BCUT2D eigenvalue weighted by Gasteiger charge is 2.18. The lowest BCUT2D eigenvalue weighted by molar-refractivity contribution is 1.51. The third-order valence-corrected chi connectivity index (χ3v) is 1.84. The maximum atomic E-state index is 5.28. The molecule has 0 aliphatic rings. The Morgan fingerprint density at radius 2 is 1.86 bits per heavy atom. The topological polar surface area (TPSA) is 12.0 Å². The van der Waals surface area contributed by atoms with Gasteiger partial charge in [0.25, 0.3) is 0 Å². The minimum atomic E-state index is -1.16. The second-order valence-electron chi connectivity index (χ2n) is 0.748. The van der Waals surface area contributed by atoms with Crippen molar-refractivity contribution in [3.8, 4) is 0 Å². The van der Waals surface area contributed by atoms with Crippen molar-refractivity contribution in [1.29, 1.82) is 0 Å². The summed E-state index contributed by atoms with van der Waals surface area (Å²) in [6, 6.07) is 0. The summed E-state index contributed by atoms with van der Waals surface area (Å²) in [5.74, 6) is 0. The van der Waals surface area contributed by atoms with E-state index in [0.717, 1.165) is 0 Å². The first-order valence-corrected chi connectivity index (χ1v) is 3.95. The molecule has 7 heavy (non-hydrogen) atoms. The molecule has 0 aromatic heterocycles. The standard InChI is InChI=1S/CHCl3NSi2/c2-1(3,4)7-5-6/h5H. The second kappa shape index (κ2) is 3.32. The largest absolute Gasteiger partial charge is 0.362 e. The van der Waals surface area contributed by atoms with E-state index in [1.807, 2.05) is 0 Å². The van der Waals surface area contributed by atoms with E-state index in [-0.39, 0.29) is 9.68 Å².